The van der Waals surface area contributed by atoms with Crippen molar-refractivity contribution in [2.45, 2.75) is 38.6 Å². The summed E-state index contributed by atoms with van der Waals surface area (Å²) in [5.41, 5.74) is 2.24. The molecular weight excluding hydrogens is 394 g/mol. The van der Waals surface area contributed by atoms with Crippen molar-refractivity contribution < 1.29 is 14.3 Å². The number of carbonyl (C=O) groups is 2. The molecule has 7 heteroatoms. The van der Waals surface area contributed by atoms with Crippen LogP contribution in [0.3, 0.4) is 0 Å². The van der Waals surface area contributed by atoms with E-state index in [1.165, 1.54) is 0 Å². The number of aromatic nitrogens is 3. The summed E-state index contributed by atoms with van der Waals surface area (Å²) in [7, 11) is 3.40. The lowest BCUT2D eigenvalue weighted by atomic mass is 9.79. The van der Waals surface area contributed by atoms with Crippen molar-refractivity contribution in [1.82, 2.24) is 14.1 Å². The summed E-state index contributed by atoms with van der Waals surface area (Å²) in [4.78, 5) is 41.6. The van der Waals surface area contributed by atoms with Crippen LogP contribution in [0.5, 0.6) is 5.75 Å². The van der Waals surface area contributed by atoms with Crippen LogP contribution < -0.4 is 10.4 Å². The third kappa shape index (κ3) is 4.31. The molecule has 1 aliphatic rings. The van der Waals surface area contributed by atoms with E-state index in [4.69, 9.17) is 4.74 Å². The molecule has 1 fully saturated rings. The molecule has 4 rings (SSSR count). The summed E-state index contributed by atoms with van der Waals surface area (Å²) in [6.07, 6.45) is 6.33. The lowest BCUT2D eigenvalue weighted by molar-refractivity contribution is -0.123. The van der Waals surface area contributed by atoms with Gasteiger partial charge in [-0.25, -0.2) is 4.79 Å². The van der Waals surface area contributed by atoms with Crippen molar-refractivity contribution in [3.8, 4) is 5.75 Å². The van der Waals surface area contributed by atoms with Gasteiger partial charge in [-0.05, 0) is 55.9 Å². The number of Topliss-reactive ketones (excluding diaryl/α,β-unsaturated/α-hetero) is 2. The van der Waals surface area contributed by atoms with Crippen molar-refractivity contribution in [3.05, 3.63) is 58.8 Å². The van der Waals surface area contributed by atoms with Crippen molar-refractivity contribution >= 4 is 22.6 Å². The molecule has 0 unspecified atom stereocenters. The molecule has 0 spiro atoms. The molecule has 1 aliphatic carbocycles. The number of ether oxygens (including phenoxy) is 1. The molecule has 0 atom stereocenters. The third-order valence-corrected chi connectivity index (χ3v) is 6.43. The molecule has 162 valence electrons. The zero-order chi connectivity index (χ0) is 22.0. The number of pyridine rings is 1. The Morgan fingerprint density at radius 3 is 2.45 bits per heavy atom. The minimum absolute atomic E-state index is 0.0207. The van der Waals surface area contributed by atoms with Gasteiger partial charge in [0.15, 0.2) is 5.78 Å². The van der Waals surface area contributed by atoms with Gasteiger partial charge in [0.05, 0.1) is 24.6 Å². The number of hydrogen-bond donors (Lipinski definition) is 0. The first-order chi connectivity index (χ1) is 15.0. The number of benzene rings is 1. The van der Waals surface area contributed by atoms with Gasteiger partial charge in [0.1, 0.15) is 11.5 Å². The van der Waals surface area contributed by atoms with Gasteiger partial charge in [-0.2, -0.15) is 0 Å². The normalized spacial score (nSPS) is 18.8. The first-order valence-electron chi connectivity index (χ1n) is 10.7. The van der Waals surface area contributed by atoms with Gasteiger partial charge in [0.25, 0.3) is 0 Å². The molecular formula is C24H27N3O4. The van der Waals surface area contributed by atoms with Gasteiger partial charge in [0.2, 0.25) is 0 Å². The molecule has 0 N–H and O–H groups in total. The zero-order valence-corrected chi connectivity index (χ0v) is 17.9. The van der Waals surface area contributed by atoms with Crippen LogP contribution in [0.2, 0.25) is 0 Å². The molecule has 1 aromatic carbocycles. The van der Waals surface area contributed by atoms with E-state index in [0.29, 0.717) is 18.0 Å². The van der Waals surface area contributed by atoms with Crippen molar-refractivity contribution in [3.63, 3.8) is 0 Å². The van der Waals surface area contributed by atoms with E-state index in [9.17, 15) is 14.4 Å². The summed E-state index contributed by atoms with van der Waals surface area (Å²) < 4.78 is 8.81. The van der Waals surface area contributed by atoms with Gasteiger partial charge >= 0.3 is 5.69 Å². The van der Waals surface area contributed by atoms with E-state index in [1.807, 2.05) is 22.8 Å². The number of imidazole rings is 1. The van der Waals surface area contributed by atoms with Crippen LogP contribution in [0.4, 0.5) is 0 Å². The van der Waals surface area contributed by atoms with Gasteiger partial charge in [-0.1, -0.05) is 0 Å². The maximum absolute atomic E-state index is 12.8. The highest BCUT2D eigenvalue weighted by atomic mass is 16.5. The fourth-order valence-electron chi connectivity index (χ4n) is 4.56. The van der Waals surface area contributed by atoms with Gasteiger partial charge in [0, 0.05) is 43.5 Å². The first kappa shape index (κ1) is 21.0. The number of ketones is 2. The molecule has 0 saturated heterocycles. The van der Waals surface area contributed by atoms with Crippen molar-refractivity contribution in [2.24, 2.45) is 18.9 Å². The number of rotatable bonds is 7. The Morgan fingerprint density at radius 2 is 1.77 bits per heavy atom. The number of aryl methyl sites for hydroxylation is 1. The standard InChI is InChI=1S/C24H27N3O4/c1-26-20-8-7-19(31-2)13-21(20)27(24(26)30)15-16-3-5-17(6-4-16)22(28)14-23(29)18-9-11-25-12-10-18/h7-13,16-17H,3-6,14-15H2,1-2H3/t16-,17-. The van der Waals surface area contributed by atoms with Crippen LogP contribution in [0.25, 0.3) is 11.0 Å². The summed E-state index contributed by atoms with van der Waals surface area (Å²) in [6, 6.07) is 8.95. The molecule has 0 bridgehead atoms. The van der Waals surface area contributed by atoms with E-state index >= 15 is 0 Å². The molecule has 2 aromatic heterocycles. The lowest BCUT2D eigenvalue weighted by Crippen LogP contribution is -2.29. The fraction of sp³-hybridized carbons (Fsp3) is 0.417. The largest absolute Gasteiger partial charge is 0.497 e. The highest BCUT2D eigenvalue weighted by molar-refractivity contribution is 6.08. The Bertz CT molecular complexity index is 1150. The van der Waals surface area contributed by atoms with E-state index in [2.05, 4.69) is 4.98 Å². The lowest BCUT2D eigenvalue weighted by Gasteiger charge is -2.27. The molecule has 2 heterocycles. The van der Waals surface area contributed by atoms with Gasteiger partial charge < -0.3 is 4.74 Å². The molecule has 3 aromatic rings. The summed E-state index contributed by atoms with van der Waals surface area (Å²) in [5.74, 6) is 0.846. The van der Waals surface area contributed by atoms with Crippen LogP contribution in [-0.2, 0) is 18.4 Å². The monoisotopic (exact) mass is 421 g/mol. The maximum Gasteiger partial charge on any atom is 0.328 e. The second kappa shape index (κ2) is 8.88. The minimum Gasteiger partial charge on any atom is -0.497 e. The van der Waals surface area contributed by atoms with Gasteiger partial charge in [-0.3, -0.25) is 23.7 Å². The number of hydrogen-bond acceptors (Lipinski definition) is 5. The predicted octanol–water partition coefficient (Wildman–Crippen LogP) is 3.39. The van der Waals surface area contributed by atoms with Crippen LogP contribution in [0, 0.1) is 11.8 Å². The Morgan fingerprint density at radius 1 is 1.06 bits per heavy atom. The summed E-state index contributed by atoms with van der Waals surface area (Å²) in [6.45, 7) is 0.625. The number of nitrogens with zero attached hydrogens (tertiary/aromatic N) is 3. The number of methoxy groups -OCH3 is 1. The second-order valence-electron chi connectivity index (χ2n) is 8.33. The minimum atomic E-state index is -0.147. The Hall–Kier alpha value is -3.22. The number of carbonyl (C=O) groups excluding carboxylic acids is 2. The first-order valence-corrected chi connectivity index (χ1v) is 10.7. The molecule has 0 amide bonds. The van der Waals surface area contributed by atoms with Crippen LogP contribution in [0.15, 0.2) is 47.5 Å². The molecule has 0 radical (unpaired) electrons. The van der Waals surface area contributed by atoms with E-state index in [-0.39, 0.29) is 29.6 Å². The van der Waals surface area contributed by atoms with Crippen molar-refractivity contribution in [1.29, 1.82) is 0 Å². The van der Waals surface area contributed by atoms with Crippen LogP contribution in [0.1, 0.15) is 42.5 Å². The Kier molecular flexibility index (Phi) is 6.02. The number of fused-ring (bicyclic) bond motifs is 1. The zero-order valence-electron chi connectivity index (χ0n) is 17.9. The van der Waals surface area contributed by atoms with Gasteiger partial charge in [-0.15, -0.1) is 0 Å². The average molecular weight is 421 g/mol. The van der Waals surface area contributed by atoms with Crippen molar-refractivity contribution in [2.75, 3.05) is 7.11 Å². The quantitative estimate of drug-likeness (QED) is 0.431. The average Bonchev–Trinajstić information content (AvgIpc) is 3.04. The smallest absolute Gasteiger partial charge is 0.328 e. The maximum atomic E-state index is 12.8. The Balaban J connectivity index is 1.39. The van der Waals surface area contributed by atoms with E-state index in [1.54, 1.807) is 43.3 Å². The summed E-state index contributed by atoms with van der Waals surface area (Å²) in [5, 5.41) is 0. The van der Waals surface area contributed by atoms with E-state index < -0.39 is 0 Å². The molecule has 1 saturated carbocycles. The molecule has 0 aliphatic heterocycles. The second-order valence-corrected chi connectivity index (χ2v) is 8.33. The third-order valence-electron chi connectivity index (χ3n) is 6.43. The highest BCUT2D eigenvalue weighted by Gasteiger charge is 2.28. The van der Waals surface area contributed by atoms with Crippen LogP contribution >= 0.6 is 0 Å². The SMILES string of the molecule is COc1ccc2c(c1)n(C[C@H]1CC[C@H](C(=O)CC(=O)c3ccncc3)CC1)c(=O)n2C. The topological polar surface area (TPSA) is 83.2 Å². The van der Waals surface area contributed by atoms with E-state index in [0.717, 1.165) is 42.5 Å². The fourth-order valence-corrected chi connectivity index (χ4v) is 4.56. The summed E-state index contributed by atoms with van der Waals surface area (Å²) >= 11 is 0. The Labute approximate surface area is 180 Å². The van der Waals surface area contributed by atoms with Crippen LogP contribution in [-0.4, -0.2) is 32.8 Å². The highest BCUT2D eigenvalue weighted by Crippen LogP contribution is 2.32. The predicted molar refractivity (Wildman–Crippen MR) is 117 cm³/mol. The molecule has 31 heavy (non-hydrogen) atoms. The molecule has 7 nitrogen and oxygen atoms in total.